The summed E-state index contributed by atoms with van der Waals surface area (Å²) >= 11 is 0. The minimum absolute atomic E-state index is 0.00247. The second-order valence-electron chi connectivity index (χ2n) is 6.68. The molecule has 10 heteroatoms. The third-order valence-electron chi connectivity index (χ3n) is 4.53. The number of pyridine rings is 1. The van der Waals surface area contributed by atoms with Crippen molar-refractivity contribution >= 4 is 28.9 Å². The largest absolute Gasteiger partial charge is 0.464 e. The Bertz CT molecular complexity index is 1060. The number of nitrogens with zero attached hydrogens (tertiary/aromatic N) is 4. The standard InChI is InChI=1S/C19H19N7O3/c1-10-15(17(26-25-10)19(28)29-2)24-18(27)16-14(22-12-7-20-9-21-8-12)6-5-13(23-16)11-3-4-11/h5-9,11,22H,3-4H2,1-2H3,(H,24,27)(H,25,26). The van der Waals surface area contributed by atoms with Gasteiger partial charge in [-0.25, -0.2) is 19.7 Å². The van der Waals surface area contributed by atoms with E-state index in [4.69, 9.17) is 4.74 Å². The van der Waals surface area contributed by atoms with Gasteiger partial charge in [0.15, 0.2) is 11.4 Å². The van der Waals surface area contributed by atoms with Crippen LogP contribution in [0.2, 0.25) is 0 Å². The Morgan fingerprint density at radius 3 is 2.62 bits per heavy atom. The number of H-pyrrole nitrogens is 1. The van der Waals surface area contributed by atoms with Crippen LogP contribution in [0.15, 0.2) is 30.9 Å². The summed E-state index contributed by atoms with van der Waals surface area (Å²) in [6.07, 6.45) is 6.72. The topological polar surface area (TPSA) is 135 Å². The number of carbonyl (C=O) groups is 2. The molecule has 1 amide bonds. The fourth-order valence-electron chi connectivity index (χ4n) is 2.87. The summed E-state index contributed by atoms with van der Waals surface area (Å²) in [6.45, 7) is 1.70. The Balaban J connectivity index is 1.67. The first-order valence-corrected chi connectivity index (χ1v) is 9.04. The number of carbonyl (C=O) groups excluding carboxylic acids is 2. The first kappa shape index (κ1) is 18.5. The molecule has 0 saturated heterocycles. The van der Waals surface area contributed by atoms with Crippen molar-refractivity contribution in [2.45, 2.75) is 25.7 Å². The number of esters is 1. The van der Waals surface area contributed by atoms with Crippen molar-refractivity contribution in [2.24, 2.45) is 0 Å². The number of aromatic nitrogens is 5. The first-order valence-electron chi connectivity index (χ1n) is 9.04. The van der Waals surface area contributed by atoms with E-state index in [0.717, 1.165) is 18.5 Å². The normalized spacial score (nSPS) is 13.0. The van der Waals surface area contributed by atoms with E-state index in [9.17, 15) is 9.59 Å². The maximum Gasteiger partial charge on any atom is 0.360 e. The Morgan fingerprint density at radius 2 is 1.93 bits per heavy atom. The summed E-state index contributed by atoms with van der Waals surface area (Å²) < 4.78 is 4.72. The number of hydrogen-bond donors (Lipinski definition) is 3. The molecule has 3 aromatic heterocycles. The molecule has 148 valence electrons. The van der Waals surface area contributed by atoms with Crippen molar-refractivity contribution in [1.29, 1.82) is 0 Å². The zero-order valence-electron chi connectivity index (χ0n) is 15.9. The Labute approximate surface area is 166 Å². The van der Waals surface area contributed by atoms with Crippen LogP contribution in [-0.4, -0.2) is 44.1 Å². The van der Waals surface area contributed by atoms with Crippen molar-refractivity contribution in [2.75, 3.05) is 17.7 Å². The van der Waals surface area contributed by atoms with E-state index in [1.54, 1.807) is 19.3 Å². The predicted molar refractivity (Wildman–Crippen MR) is 104 cm³/mol. The van der Waals surface area contributed by atoms with Gasteiger partial charge >= 0.3 is 5.97 Å². The smallest absolute Gasteiger partial charge is 0.360 e. The van der Waals surface area contributed by atoms with E-state index in [2.05, 4.69) is 35.8 Å². The van der Waals surface area contributed by atoms with Crippen molar-refractivity contribution < 1.29 is 14.3 Å². The molecule has 1 saturated carbocycles. The molecule has 0 unspecified atom stereocenters. The summed E-state index contributed by atoms with van der Waals surface area (Å²) in [7, 11) is 1.25. The number of aryl methyl sites for hydroxylation is 1. The molecule has 3 heterocycles. The van der Waals surface area contributed by atoms with Gasteiger partial charge in [0.05, 0.1) is 42.3 Å². The van der Waals surface area contributed by atoms with Crippen molar-refractivity contribution in [3.63, 3.8) is 0 Å². The van der Waals surface area contributed by atoms with E-state index in [0.29, 0.717) is 23.0 Å². The minimum atomic E-state index is -0.649. The number of methoxy groups -OCH3 is 1. The summed E-state index contributed by atoms with van der Waals surface area (Å²) in [5, 5.41) is 12.5. The Kier molecular flexibility index (Phi) is 4.90. The number of amides is 1. The van der Waals surface area contributed by atoms with Crippen LogP contribution in [0.3, 0.4) is 0 Å². The molecule has 0 aromatic carbocycles. The molecule has 29 heavy (non-hydrogen) atoms. The number of nitrogens with one attached hydrogen (secondary N) is 3. The van der Waals surface area contributed by atoms with E-state index in [-0.39, 0.29) is 17.1 Å². The lowest BCUT2D eigenvalue weighted by atomic mass is 10.2. The molecule has 10 nitrogen and oxygen atoms in total. The molecule has 0 radical (unpaired) electrons. The van der Waals surface area contributed by atoms with Gasteiger partial charge in [-0.2, -0.15) is 5.10 Å². The lowest BCUT2D eigenvalue weighted by molar-refractivity contribution is 0.0595. The van der Waals surface area contributed by atoms with E-state index >= 15 is 0 Å². The molecule has 1 fully saturated rings. The van der Waals surface area contributed by atoms with Gasteiger partial charge in [0.25, 0.3) is 5.91 Å². The zero-order chi connectivity index (χ0) is 20.4. The van der Waals surface area contributed by atoms with Gasteiger partial charge in [-0.05, 0) is 31.9 Å². The summed E-state index contributed by atoms with van der Waals surface area (Å²) in [6, 6.07) is 3.72. The van der Waals surface area contributed by atoms with Crippen LogP contribution in [0.1, 0.15) is 51.1 Å². The molecule has 0 spiro atoms. The molecule has 0 aliphatic heterocycles. The average Bonchev–Trinajstić information content (AvgIpc) is 3.53. The van der Waals surface area contributed by atoms with E-state index in [1.165, 1.54) is 13.4 Å². The highest BCUT2D eigenvalue weighted by atomic mass is 16.5. The Hall–Kier alpha value is -3.82. The highest BCUT2D eigenvalue weighted by Crippen LogP contribution is 2.39. The second-order valence-corrected chi connectivity index (χ2v) is 6.68. The molecular weight excluding hydrogens is 374 g/mol. The lowest BCUT2D eigenvalue weighted by Gasteiger charge is -2.13. The Morgan fingerprint density at radius 1 is 1.17 bits per heavy atom. The number of ether oxygens (including phenoxy) is 1. The molecule has 4 rings (SSSR count). The highest BCUT2D eigenvalue weighted by Gasteiger charge is 2.28. The average molecular weight is 393 g/mol. The van der Waals surface area contributed by atoms with Gasteiger partial charge in [0.1, 0.15) is 6.33 Å². The van der Waals surface area contributed by atoms with E-state index in [1.807, 2.05) is 12.1 Å². The van der Waals surface area contributed by atoms with Gasteiger partial charge in [-0.15, -0.1) is 0 Å². The minimum Gasteiger partial charge on any atom is -0.464 e. The maximum atomic E-state index is 13.1. The number of rotatable bonds is 6. The molecule has 1 aliphatic carbocycles. The summed E-state index contributed by atoms with van der Waals surface area (Å²) in [5.41, 5.74) is 2.98. The molecule has 3 N–H and O–H groups in total. The second kappa shape index (κ2) is 7.66. The summed E-state index contributed by atoms with van der Waals surface area (Å²) in [5.74, 6) is -0.748. The predicted octanol–water partition coefficient (Wildman–Crippen LogP) is 2.56. The molecule has 0 bridgehead atoms. The van der Waals surface area contributed by atoms with Crippen LogP contribution in [0.25, 0.3) is 0 Å². The first-order chi connectivity index (χ1) is 14.1. The monoisotopic (exact) mass is 393 g/mol. The van der Waals surface area contributed by atoms with Crippen molar-refractivity contribution in [3.05, 3.63) is 53.6 Å². The van der Waals surface area contributed by atoms with Crippen molar-refractivity contribution in [3.8, 4) is 0 Å². The van der Waals surface area contributed by atoms with Crippen molar-refractivity contribution in [1.82, 2.24) is 25.1 Å². The quantitative estimate of drug-likeness (QED) is 0.544. The van der Waals surface area contributed by atoms with Gasteiger partial charge in [-0.3, -0.25) is 9.89 Å². The number of aromatic amines is 1. The molecule has 3 aromatic rings. The lowest BCUT2D eigenvalue weighted by Crippen LogP contribution is -2.19. The fraction of sp³-hybridized carbons (Fsp3) is 0.263. The van der Waals surface area contributed by atoms with Gasteiger partial charge in [-0.1, -0.05) is 0 Å². The fourth-order valence-corrected chi connectivity index (χ4v) is 2.87. The molecule has 1 aliphatic rings. The van der Waals surface area contributed by atoms with Gasteiger partial charge in [0.2, 0.25) is 0 Å². The maximum absolute atomic E-state index is 13.1. The molecule has 0 atom stereocenters. The van der Waals surface area contributed by atoms with Crippen LogP contribution in [-0.2, 0) is 4.74 Å². The highest BCUT2D eigenvalue weighted by molar-refractivity contribution is 6.09. The van der Waals surface area contributed by atoms with Crippen LogP contribution < -0.4 is 10.6 Å². The summed E-state index contributed by atoms with van der Waals surface area (Å²) in [4.78, 5) is 37.5. The third kappa shape index (κ3) is 3.91. The SMILES string of the molecule is COC(=O)c1n[nH]c(C)c1NC(=O)c1nc(C2CC2)ccc1Nc1cncnc1. The number of hydrogen-bond acceptors (Lipinski definition) is 8. The number of anilines is 3. The zero-order valence-corrected chi connectivity index (χ0v) is 15.9. The molecular formula is C19H19N7O3. The van der Waals surface area contributed by atoms with Crippen LogP contribution in [0.5, 0.6) is 0 Å². The van der Waals surface area contributed by atoms with Gasteiger partial charge in [0, 0.05) is 11.6 Å². The third-order valence-corrected chi connectivity index (χ3v) is 4.53. The van der Waals surface area contributed by atoms with Crippen LogP contribution in [0.4, 0.5) is 17.1 Å². The van der Waals surface area contributed by atoms with Gasteiger partial charge < -0.3 is 15.4 Å². The van der Waals surface area contributed by atoms with Crippen LogP contribution in [0, 0.1) is 6.92 Å². The van der Waals surface area contributed by atoms with E-state index < -0.39 is 11.9 Å². The van der Waals surface area contributed by atoms with Crippen LogP contribution >= 0.6 is 0 Å².